The summed E-state index contributed by atoms with van der Waals surface area (Å²) in [6.45, 7) is 4.97. The Bertz CT molecular complexity index is 1410. The highest BCUT2D eigenvalue weighted by atomic mass is 16.1. The molecule has 0 radical (unpaired) electrons. The van der Waals surface area contributed by atoms with E-state index in [1.54, 1.807) is 6.20 Å². The van der Waals surface area contributed by atoms with Crippen molar-refractivity contribution in [2.24, 2.45) is 5.73 Å². The van der Waals surface area contributed by atoms with Gasteiger partial charge in [-0.15, -0.1) is 0 Å². The number of amides is 1. The monoisotopic (exact) mass is 379 g/mol. The van der Waals surface area contributed by atoms with E-state index >= 15 is 0 Å². The summed E-state index contributed by atoms with van der Waals surface area (Å²) < 4.78 is 2.38. The predicted molar refractivity (Wildman–Crippen MR) is 118 cm³/mol. The number of fused-ring (bicyclic) bond motifs is 4. The van der Waals surface area contributed by atoms with Crippen LogP contribution in [-0.2, 0) is 6.54 Å². The maximum absolute atomic E-state index is 12.1. The number of carbonyl (C=O) groups excluding carboxylic acids is 1. The van der Waals surface area contributed by atoms with Gasteiger partial charge in [0.05, 0.1) is 5.52 Å². The van der Waals surface area contributed by atoms with Crippen molar-refractivity contribution < 1.29 is 4.79 Å². The molecule has 0 aliphatic carbocycles. The molecule has 0 unspecified atom stereocenters. The average molecular weight is 379 g/mol. The van der Waals surface area contributed by atoms with E-state index in [-0.39, 0.29) is 0 Å². The van der Waals surface area contributed by atoms with Crippen molar-refractivity contribution in [3.8, 4) is 0 Å². The molecule has 0 aliphatic rings. The number of rotatable bonds is 3. The molecular formula is C25H21N3O. The standard InChI is InChI=1S/C25H21N3O/c1-15-18-12-13-27-23(25(26)29)21(18)16(2)22-19-10-6-7-11-20(19)28(24(15)22)14-17-8-4-3-5-9-17/h3-13H,14H2,1-2H3,(H2,26,29). The third-order valence-electron chi connectivity index (χ3n) is 5.85. The first-order valence-electron chi connectivity index (χ1n) is 9.70. The lowest BCUT2D eigenvalue weighted by Gasteiger charge is -2.14. The third kappa shape index (κ3) is 2.53. The molecule has 0 saturated carbocycles. The zero-order valence-electron chi connectivity index (χ0n) is 16.4. The van der Waals surface area contributed by atoms with Gasteiger partial charge in [-0.2, -0.15) is 0 Å². The number of para-hydroxylation sites is 1. The fraction of sp³-hybridized carbons (Fsp3) is 0.120. The van der Waals surface area contributed by atoms with Crippen molar-refractivity contribution in [3.05, 3.63) is 89.2 Å². The van der Waals surface area contributed by atoms with Crippen LogP contribution in [0.5, 0.6) is 0 Å². The van der Waals surface area contributed by atoms with Gasteiger partial charge in [0.25, 0.3) is 5.91 Å². The zero-order valence-corrected chi connectivity index (χ0v) is 16.4. The van der Waals surface area contributed by atoms with Crippen molar-refractivity contribution in [3.63, 3.8) is 0 Å². The number of pyridine rings is 1. The van der Waals surface area contributed by atoms with Gasteiger partial charge >= 0.3 is 0 Å². The van der Waals surface area contributed by atoms with Gasteiger partial charge in [-0.25, -0.2) is 0 Å². The van der Waals surface area contributed by atoms with E-state index in [2.05, 4.69) is 71.9 Å². The van der Waals surface area contributed by atoms with Crippen LogP contribution in [0.15, 0.2) is 66.9 Å². The van der Waals surface area contributed by atoms with E-state index in [1.807, 2.05) is 12.1 Å². The molecule has 2 heterocycles. The molecular weight excluding hydrogens is 358 g/mol. The van der Waals surface area contributed by atoms with Gasteiger partial charge in [0.2, 0.25) is 0 Å². The molecule has 2 N–H and O–H groups in total. The topological polar surface area (TPSA) is 60.9 Å². The average Bonchev–Trinajstić information content (AvgIpc) is 3.07. The Labute approximate surface area is 168 Å². The summed E-state index contributed by atoms with van der Waals surface area (Å²) in [6, 6.07) is 20.9. The number of nitrogens with zero attached hydrogens (tertiary/aromatic N) is 2. The number of nitrogens with two attached hydrogens (primary N) is 1. The molecule has 0 bridgehead atoms. The van der Waals surface area contributed by atoms with Gasteiger partial charge in [0, 0.05) is 34.4 Å². The maximum Gasteiger partial charge on any atom is 0.267 e. The van der Waals surface area contributed by atoms with Gasteiger partial charge < -0.3 is 10.3 Å². The van der Waals surface area contributed by atoms with E-state index in [4.69, 9.17) is 5.73 Å². The summed E-state index contributed by atoms with van der Waals surface area (Å²) in [5.74, 6) is -0.495. The normalized spacial score (nSPS) is 11.5. The van der Waals surface area contributed by atoms with Crippen LogP contribution in [-0.4, -0.2) is 15.5 Å². The number of aromatic nitrogens is 2. The Morgan fingerprint density at radius 3 is 2.38 bits per heavy atom. The molecule has 4 nitrogen and oxygen atoms in total. The molecule has 0 saturated heterocycles. The van der Waals surface area contributed by atoms with Gasteiger partial charge in [-0.05, 0) is 48.1 Å². The number of carbonyl (C=O) groups is 1. The lowest BCUT2D eigenvalue weighted by atomic mass is 9.94. The summed E-state index contributed by atoms with van der Waals surface area (Å²) in [7, 11) is 0. The fourth-order valence-corrected chi connectivity index (χ4v) is 4.60. The number of benzene rings is 3. The summed E-state index contributed by atoms with van der Waals surface area (Å²) in [4.78, 5) is 16.4. The third-order valence-corrected chi connectivity index (χ3v) is 5.85. The van der Waals surface area contributed by atoms with Crippen molar-refractivity contribution in [2.45, 2.75) is 20.4 Å². The lowest BCUT2D eigenvalue weighted by molar-refractivity contribution is 0.0997. The molecule has 0 fully saturated rings. The van der Waals surface area contributed by atoms with Crippen LogP contribution in [0.25, 0.3) is 32.6 Å². The second kappa shape index (κ2) is 6.45. The van der Waals surface area contributed by atoms with Gasteiger partial charge in [-0.3, -0.25) is 9.78 Å². The van der Waals surface area contributed by atoms with Crippen molar-refractivity contribution in [1.29, 1.82) is 0 Å². The highest BCUT2D eigenvalue weighted by Crippen LogP contribution is 2.39. The van der Waals surface area contributed by atoms with Crippen molar-refractivity contribution in [1.82, 2.24) is 9.55 Å². The molecule has 5 rings (SSSR count). The maximum atomic E-state index is 12.1. The molecule has 29 heavy (non-hydrogen) atoms. The minimum absolute atomic E-state index is 0.338. The van der Waals surface area contributed by atoms with E-state index in [0.717, 1.165) is 33.8 Å². The summed E-state index contributed by atoms with van der Waals surface area (Å²) in [6.07, 6.45) is 1.67. The number of hydrogen-bond donors (Lipinski definition) is 1. The van der Waals surface area contributed by atoms with E-state index in [0.29, 0.717) is 5.69 Å². The van der Waals surface area contributed by atoms with Crippen LogP contribution < -0.4 is 5.73 Å². The minimum atomic E-state index is -0.495. The number of aryl methyl sites for hydroxylation is 2. The smallest absolute Gasteiger partial charge is 0.267 e. The molecule has 0 atom stereocenters. The first kappa shape index (κ1) is 17.4. The van der Waals surface area contributed by atoms with Crippen LogP contribution in [0.3, 0.4) is 0 Å². The molecule has 2 aromatic heterocycles. The largest absolute Gasteiger partial charge is 0.364 e. The number of hydrogen-bond acceptors (Lipinski definition) is 2. The van der Waals surface area contributed by atoms with Crippen molar-refractivity contribution >= 4 is 38.5 Å². The Hall–Kier alpha value is -3.66. The summed E-state index contributed by atoms with van der Waals surface area (Å²) in [5.41, 5.74) is 11.8. The van der Waals surface area contributed by atoms with Crippen LogP contribution in [0.1, 0.15) is 27.2 Å². The molecule has 1 amide bonds. The zero-order chi connectivity index (χ0) is 20.1. The Kier molecular flexibility index (Phi) is 3.88. The quantitative estimate of drug-likeness (QED) is 0.474. The molecule has 142 valence electrons. The van der Waals surface area contributed by atoms with Crippen LogP contribution in [0.2, 0.25) is 0 Å². The van der Waals surface area contributed by atoms with Gasteiger partial charge in [0.1, 0.15) is 5.69 Å². The Balaban J connectivity index is 1.98. The molecule has 4 heteroatoms. The van der Waals surface area contributed by atoms with E-state index in [1.165, 1.54) is 22.0 Å². The fourth-order valence-electron chi connectivity index (χ4n) is 4.60. The second-order valence-corrected chi connectivity index (χ2v) is 7.51. The summed E-state index contributed by atoms with van der Waals surface area (Å²) >= 11 is 0. The minimum Gasteiger partial charge on any atom is -0.364 e. The first-order chi connectivity index (χ1) is 14.1. The Morgan fingerprint density at radius 1 is 0.897 bits per heavy atom. The summed E-state index contributed by atoms with van der Waals surface area (Å²) in [5, 5.41) is 4.22. The second-order valence-electron chi connectivity index (χ2n) is 7.51. The molecule has 5 aromatic rings. The predicted octanol–water partition coefficient (Wildman–Crippen LogP) is 5.11. The molecule has 3 aromatic carbocycles. The SMILES string of the molecule is Cc1c2c(C(N)=O)nccc2c(C)c2c1c1ccccc1n2Cc1ccccc1. The lowest BCUT2D eigenvalue weighted by Crippen LogP contribution is -2.14. The highest BCUT2D eigenvalue weighted by Gasteiger charge is 2.21. The highest BCUT2D eigenvalue weighted by molar-refractivity contribution is 6.19. The van der Waals surface area contributed by atoms with Crippen LogP contribution >= 0.6 is 0 Å². The number of primary amides is 1. The van der Waals surface area contributed by atoms with E-state index < -0.39 is 5.91 Å². The van der Waals surface area contributed by atoms with E-state index in [9.17, 15) is 4.79 Å². The molecule has 0 aliphatic heterocycles. The Morgan fingerprint density at radius 2 is 1.62 bits per heavy atom. The van der Waals surface area contributed by atoms with Gasteiger partial charge in [-0.1, -0.05) is 48.5 Å². The van der Waals surface area contributed by atoms with Crippen LogP contribution in [0, 0.1) is 13.8 Å². The van der Waals surface area contributed by atoms with Crippen molar-refractivity contribution in [2.75, 3.05) is 0 Å². The first-order valence-corrected chi connectivity index (χ1v) is 9.70. The van der Waals surface area contributed by atoms with Gasteiger partial charge in [0.15, 0.2) is 0 Å². The molecule has 0 spiro atoms. The van der Waals surface area contributed by atoms with Crippen LogP contribution in [0.4, 0.5) is 0 Å².